The SMILES string of the molecule is CCN(C)S(=O)(=O)c1c(C)csc1CNC. The fourth-order valence-electron chi connectivity index (χ4n) is 1.44. The van der Waals surface area contributed by atoms with Gasteiger partial charge in [0.2, 0.25) is 10.0 Å². The first-order valence-electron chi connectivity index (χ1n) is 5.13. The molecule has 0 aliphatic carbocycles. The van der Waals surface area contributed by atoms with Crippen LogP contribution in [0, 0.1) is 6.92 Å². The van der Waals surface area contributed by atoms with E-state index in [-0.39, 0.29) is 0 Å². The van der Waals surface area contributed by atoms with E-state index in [9.17, 15) is 8.42 Å². The van der Waals surface area contributed by atoms with Crippen molar-refractivity contribution in [2.75, 3.05) is 20.6 Å². The normalized spacial score (nSPS) is 12.3. The van der Waals surface area contributed by atoms with Crippen LogP contribution in [0.15, 0.2) is 10.3 Å². The van der Waals surface area contributed by atoms with Crippen molar-refractivity contribution in [2.24, 2.45) is 0 Å². The van der Waals surface area contributed by atoms with E-state index in [4.69, 9.17) is 0 Å². The van der Waals surface area contributed by atoms with Gasteiger partial charge in [0.15, 0.2) is 0 Å². The Bertz CT molecular complexity index is 451. The zero-order chi connectivity index (χ0) is 12.3. The third kappa shape index (κ3) is 2.45. The number of thiophene rings is 1. The van der Waals surface area contributed by atoms with Crippen molar-refractivity contribution in [3.05, 3.63) is 15.8 Å². The number of rotatable bonds is 5. The molecule has 6 heteroatoms. The van der Waals surface area contributed by atoms with Gasteiger partial charge in [-0.15, -0.1) is 11.3 Å². The van der Waals surface area contributed by atoms with Crippen LogP contribution in [0.1, 0.15) is 17.4 Å². The summed E-state index contributed by atoms with van der Waals surface area (Å²) in [5.41, 5.74) is 0.829. The van der Waals surface area contributed by atoms with Gasteiger partial charge in [0.1, 0.15) is 4.90 Å². The summed E-state index contributed by atoms with van der Waals surface area (Å²) in [6.07, 6.45) is 0. The highest BCUT2D eigenvalue weighted by Crippen LogP contribution is 2.28. The Labute approximate surface area is 101 Å². The van der Waals surface area contributed by atoms with Gasteiger partial charge in [-0.1, -0.05) is 6.92 Å². The summed E-state index contributed by atoms with van der Waals surface area (Å²) >= 11 is 1.49. The fourth-order valence-corrected chi connectivity index (χ4v) is 4.39. The molecule has 4 nitrogen and oxygen atoms in total. The van der Waals surface area contributed by atoms with Crippen LogP contribution < -0.4 is 5.32 Å². The standard InChI is InChI=1S/C10H18N2O2S2/c1-5-12(4)16(13,14)10-8(2)7-15-9(10)6-11-3/h7,11H,5-6H2,1-4H3. The molecule has 1 rings (SSSR count). The average molecular weight is 262 g/mol. The molecule has 0 bridgehead atoms. The van der Waals surface area contributed by atoms with Crippen molar-refractivity contribution in [1.29, 1.82) is 0 Å². The van der Waals surface area contributed by atoms with Crippen molar-refractivity contribution < 1.29 is 8.42 Å². The summed E-state index contributed by atoms with van der Waals surface area (Å²) in [4.78, 5) is 1.34. The molecule has 0 aromatic carbocycles. The van der Waals surface area contributed by atoms with Crippen LogP contribution in [0.2, 0.25) is 0 Å². The van der Waals surface area contributed by atoms with Crippen LogP contribution in [0.4, 0.5) is 0 Å². The molecular formula is C10H18N2O2S2. The van der Waals surface area contributed by atoms with Gasteiger partial charge in [-0.2, -0.15) is 0 Å². The molecule has 0 amide bonds. The zero-order valence-electron chi connectivity index (χ0n) is 10.1. The molecule has 1 heterocycles. The van der Waals surface area contributed by atoms with E-state index in [0.29, 0.717) is 18.0 Å². The second-order valence-corrected chi connectivity index (χ2v) is 6.57. The Kier molecular flexibility index (Phi) is 4.49. The minimum absolute atomic E-state index is 0.469. The molecular weight excluding hydrogens is 244 g/mol. The molecule has 0 aliphatic rings. The largest absolute Gasteiger partial charge is 0.315 e. The van der Waals surface area contributed by atoms with Crippen molar-refractivity contribution in [2.45, 2.75) is 25.3 Å². The van der Waals surface area contributed by atoms with E-state index in [1.54, 1.807) is 7.05 Å². The number of aryl methyl sites for hydroxylation is 1. The molecule has 0 spiro atoms. The van der Waals surface area contributed by atoms with Crippen LogP contribution in [0.5, 0.6) is 0 Å². The van der Waals surface area contributed by atoms with E-state index in [0.717, 1.165) is 10.4 Å². The van der Waals surface area contributed by atoms with Crippen molar-refractivity contribution >= 4 is 21.4 Å². The number of nitrogens with zero attached hydrogens (tertiary/aromatic N) is 1. The summed E-state index contributed by atoms with van der Waals surface area (Å²) in [5.74, 6) is 0. The molecule has 0 fully saturated rings. The predicted molar refractivity (Wildman–Crippen MR) is 67.3 cm³/mol. The number of hydrogen-bond acceptors (Lipinski definition) is 4. The monoisotopic (exact) mass is 262 g/mol. The Morgan fingerprint density at radius 1 is 1.50 bits per heavy atom. The van der Waals surface area contributed by atoms with Crippen LogP contribution >= 0.6 is 11.3 Å². The van der Waals surface area contributed by atoms with Gasteiger partial charge in [-0.05, 0) is 24.9 Å². The number of nitrogens with one attached hydrogen (secondary N) is 1. The highest BCUT2D eigenvalue weighted by atomic mass is 32.2. The lowest BCUT2D eigenvalue weighted by Crippen LogP contribution is -2.27. The number of sulfonamides is 1. The van der Waals surface area contributed by atoms with Gasteiger partial charge < -0.3 is 5.32 Å². The highest BCUT2D eigenvalue weighted by Gasteiger charge is 2.25. The predicted octanol–water partition coefficient (Wildman–Crippen LogP) is 1.42. The van der Waals surface area contributed by atoms with Gasteiger partial charge >= 0.3 is 0 Å². The van der Waals surface area contributed by atoms with Crippen molar-refractivity contribution in [3.8, 4) is 0 Å². The van der Waals surface area contributed by atoms with Crippen LogP contribution in [0.3, 0.4) is 0 Å². The lowest BCUT2D eigenvalue weighted by atomic mass is 10.3. The van der Waals surface area contributed by atoms with Crippen LogP contribution in [-0.4, -0.2) is 33.4 Å². The van der Waals surface area contributed by atoms with E-state index >= 15 is 0 Å². The highest BCUT2D eigenvalue weighted by molar-refractivity contribution is 7.89. The summed E-state index contributed by atoms with van der Waals surface area (Å²) in [6.45, 7) is 4.74. The maximum Gasteiger partial charge on any atom is 0.244 e. The smallest absolute Gasteiger partial charge is 0.244 e. The lowest BCUT2D eigenvalue weighted by molar-refractivity contribution is 0.485. The van der Waals surface area contributed by atoms with Crippen molar-refractivity contribution in [1.82, 2.24) is 9.62 Å². The summed E-state index contributed by atoms with van der Waals surface area (Å²) < 4.78 is 25.9. The summed E-state index contributed by atoms with van der Waals surface area (Å²) in [7, 11) is 0.0957. The average Bonchev–Trinajstić information content (AvgIpc) is 2.59. The van der Waals surface area contributed by atoms with Gasteiger partial charge in [-0.25, -0.2) is 12.7 Å². The van der Waals surface area contributed by atoms with E-state index < -0.39 is 10.0 Å². The Morgan fingerprint density at radius 2 is 2.12 bits per heavy atom. The Hall–Kier alpha value is -0.430. The molecule has 16 heavy (non-hydrogen) atoms. The molecule has 0 unspecified atom stereocenters. The first-order valence-corrected chi connectivity index (χ1v) is 7.45. The third-order valence-electron chi connectivity index (χ3n) is 2.44. The molecule has 0 radical (unpaired) electrons. The molecule has 0 saturated carbocycles. The quantitative estimate of drug-likeness (QED) is 0.873. The van der Waals surface area contributed by atoms with E-state index in [1.165, 1.54) is 15.6 Å². The minimum Gasteiger partial charge on any atom is -0.315 e. The van der Waals surface area contributed by atoms with E-state index in [1.807, 2.05) is 26.3 Å². The molecule has 0 aliphatic heterocycles. The fraction of sp³-hybridized carbons (Fsp3) is 0.600. The van der Waals surface area contributed by atoms with Crippen LogP contribution in [0.25, 0.3) is 0 Å². The molecule has 0 atom stereocenters. The minimum atomic E-state index is -3.33. The molecule has 1 N–H and O–H groups in total. The van der Waals surface area contributed by atoms with Gasteiger partial charge in [-0.3, -0.25) is 0 Å². The van der Waals surface area contributed by atoms with Gasteiger partial charge in [0, 0.05) is 25.0 Å². The maximum absolute atomic E-state index is 12.2. The summed E-state index contributed by atoms with van der Waals surface area (Å²) in [6, 6.07) is 0. The first kappa shape index (κ1) is 13.6. The first-order chi connectivity index (χ1) is 7.45. The number of hydrogen-bond donors (Lipinski definition) is 1. The second-order valence-electron chi connectivity index (χ2n) is 3.62. The Morgan fingerprint density at radius 3 is 2.62 bits per heavy atom. The van der Waals surface area contributed by atoms with Crippen LogP contribution in [-0.2, 0) is 16.6 Å². The molecule has 92 valence electrons. The van der Waals surface area contributed by atoms with Gasteiger partial charge in [0.25, 0.3) is 0 Å². The molecule has 1 aromatic rings. The lowest BCUT2D eigenvalue weighted by Gasteiger charge is -2.16. The van der Waals surface area contributed by atoms with E-state index in [2.05, 4.69) is 5.32 Å². The Balaban J connectivity index is 3.26. The maximum atomic E-state index is 12.2. The third-order valence-corrected chi connectivity index (χ3v) is 5.84. The molecule has 0 saturated heterocycles. The topological polar surface area (TPSA) is 49.4 Å². The second kappa shape index (κ2) is 5.27. The zero-order valence-corrected chi connectivity index (χ0v) is 11.7. The summed E-state index contributed by atoms with van der Waals surface area (Å²) in [5, 5.41) is 4.89. The van der Waals surface area contributed by atoms with Gasteiger partial charge in [0.05, 0.1) is 0 Å². The molecule has 1 aromatic heterocycles. The van der Waals surface area contributed by atoms with Crippen molar-refractivity contribution in [3.63, 3.8) is 0 Å².